The molecule has 34 heavy (non-hydrogen) atoms. The fourth-order valence-electron chi connectivity index (χ4n) is 3.40. The quantitative estimate of drug-likeness (QED) is 0.145. The van der Waals surface area contributed by atoms with Gasteiger partial charge in [0.25, 0.3) is 0 Å². The molecule has 0 aliphatic carbocycles. The number of amidine groups is 1. The second-order valence-electron chi connectivity index (χ2n) is 7.66. The number of nitrogen functional groups attached to an aromatic ring is 2. The van der Waals surface area contributed by atoms with Crippen LogP contribution in [0.1, 0.15) is 30.2 Å². The van der Waals surface area contributed by atoms with Gasteiger partial charge in [0.15, 0.2) is 5.49 Å². The van der Waals surface area contributed by atoms with Crippen molar-refractivity contribution < 1.29 is 14.4 Å². The topological polar surface area (TPSA) is 143 Å². The van der Waals surface area contributed by atoms with E-state index < -0.39 is 11.7 Å². The molecular weight excluding hydrogens is 459 g/mol. The zero-order valence-corrected chi connectivity index (χ0v) is 19.4. The normalized spacial score (nSPS) is 11.4. The van der Waals surface area contributed by atoms with E-state index in [9.17, 15) is 14.4 Å². The van der Waals surface area contributed by atoms with Crippen molar-refractivity contribution in [3.63, 3.8) is 0 Å². The van der Waals surface area contributed by atoms with E-state index in [1.165, 1.54) is 18.2 Å². The summed E-state index contributed by atoms with van der Waals surface area (Å²) in [6, 6.07) is 12.6. The smallest absolute Gasteiger partial charge is 0.226 e. The monoisotopic (exact) mass is 484 g/mol. The van der Waals surface area contributed by atoms with Crippen LogP contribution in [0.25, 0.3) is 11.1 Å². The van der Waals surface area contributed by atoms with E-state index in [0.29, 0.717) is 28.4 Å². The average molecular weight is 485 g/mol. The molecule has 0 unspecified atom stereocenters. The van der Waals surface area contributed by atoms with E-state index in [0.717, 1.165) is 17.2 Å². The van der Waals surface area contributed by atoms with Gasteiger partial charge in [0.05, 0.1) is 17.1 Å². The maximum atomic E-state index is 14.3. The van der Waals surface area contributed by atoms with Gasteiger partial charge in [-0.3, -0.25) is 15.2 Å². The van der Waals surface area contributed by atoms with Gasteiger partial charge < -0.3 is 22.0 Å². The molecule has 0 saturated heterocycles. The molecule has 1 heterocycles. The third kappa shape index (κ3) is 5.74. The summed E-state index contributed by atoms with van der Waals surface area (Å²) in [5, 5.41) is 21.2. The molecule has 0 aliphatic rings. The SMILES string of the molecule is CCCN=c1cc(Cl)c(-c2cccc(N)c2)c(CC(=O)NCc2ccc(C(=N)N)cc2F)n1O. The van der Waals surface area contributed by atoms with Gasteiger partial charge in [-0.05, 0) is 30.2 Å². The molecule has 0 atom stereocenters. The first-order valence-electron chi connectivity index (χ1n) is 10.6. The predicted molar refractivity (Wildman–Crippen MR) is 130 cm³/mol. The summed E-state index contributed by atoms with van der Waals surface area (Å²) in [6.07, 6.45) is 0.515. The summed E-state index contributed by atoms with van der Waals surface area (Å²) in [5.41, 5.74) is 13.8. The second kappa shape index (κ2) is 10.8. The molecule has 178 valence electrons. The van der Waals surface area contributed by atoms with Crippen LogP contribution in [0.5, 0.6) is 0 Å². The van der Waals surface area contributed by atoms with E-state index in [1.807, 2.05) is 6.92 Å². The Hall–Kier alpha value is -3.85. The van der Waals surface area contributed by atoms with Crippen molar-refractivity contribution in [3.8, 4) is 11.1 Å². The molecule has 7 N–H and O–H groups in total. The molecule has 10 heteroatoms. The molecule has 3 rings (SSSR count). The Morgan fingerprint density at radius 1 is 1.26 bits per heavy atom. The Morgan fingerprint density at radius 3 is 2.68 bits per heavy atom. The largest absolute Gasteiger partial charge is 0.427 e. The van der Waals surface area contributed by atoms with Crippen LogP contribution in [0.3, 0.4) is 0 Å². The van der Waals surface area contributed by atoms with Gasteiger partial charge in [-0.15, -0.1) is 0 Å². The summed E-state index contributed by atoms with van der Waals surface area (Å²) in [5.74, 6) is -1.30. The van der Waals surface area contributed by atoms with Gasteiger partial charge in [0.2, 0.25) is 5.91 Å². The number of nitrogens with two attached hydrogens (primary N) is 2. The van der Waals surface area contributed by atoms with Crippen molar-refractivity contribution in [3.05, 3.63) is 81.7 Å². The van der Waals surface area contributed by atoms with Gasteiger partial charge in [0.1, 0.15) is 11.7 Å². The van der Waals surface area contributed by atoms with Gasteiger partial charge in [-0.25, -0.2) is 4.39 Å². The first-order chi connectivity index (χ1) is 16.2. The summed E-state index contributed by atoms with van der Waals surface area (Å²) in [6.45, 7) is 2.33. The van der Waals surface area contributed by atoms with Crippen LogP contribution in [0, 0.1) is 11.2 Å². The number of amides is 1. The highest BCUT2D eigenvalue weighted by atomic mass is 35.5. The van der Waals surface area contributed by atoms with Crippen LogP contribution in [0.2, 0.25) is 5.02 Å². The Morgan fingerprint density at radius 2 is 2.03 bits per heavy atom. The number of aromatic nitrogens is 1. The van der Waals surface area contributed by atoms with Crippen molar-refractivity contribution in [2.45, 2.75) is 26.3 Å². The Kier molecular flexibility index (Phi) is 7.91. The molecule has 8 nitrogen and oxygen atoms in total. The number of nitrogens with one attached hydrogen (secondary N) is 2. The van der Waals surface area contributed by atoms with Crippen LogP contribution >= 0.6 is 11.6 Å². The molecule has 2 aromatic carbocycles. The molecule has 0 saturated carbocycles. The minimum atomic E-state index is -0.589. The number of carbonyl (C=O) groups excluding carboxylic acids is 1. The molecule has 0 spiro atoms. The molecule has 1 aromatic heterocycles. The number of hydrogen-bond donors (Lipinski definition) is 5. The lowest BCUT2D eigenvalue weighted by Crippen LogP contribution is -2.30. The van der Waals surface area contributed by atoms with Crippen LogP contribution in [-0.2, 0) is 17.8 Å². The van der Waals surface area contributed by atoms with E-state index in [1.54, 1.807) is 24.3 Å². The van der Waals surface area contributed by atoms with Gasteiger partial charge in [-0.1, -0.05) is 42.8 Å². The fraction of sp³-hybridized carbons (Fsp3) is 0.208. The number of hydrogen-bond acceptors (Lipinski definition) is 5. The van der Waals surface area contributed by atoms with Crippen molar-refractivity contribution in [2.75, 3.05) is 12.3 Å². The molecule has 1 amide bonds. The van der Waals surface area contributed by atoms with Crippen LogP contribution < -0.4 is 22.3 Å². The lowest BCUT2D eigenvalue weighted by Gasteiger charge is -2.16. The van der Waals surface area contributed by atoms with Crippen LogP contribution in [-0.4, -0.2) is 28.2 Å². The minimum absolute atomic E-state index is 0.0878. The molecule has 0 radical (unpaired) electrons. The van der Waals surface area contributed by atoms with Crippen molar-refractivity contribution in [1.82, 2.24) is 10.0 Å². The fourth-order valence-corrected chi connectivity index (χ4v) is 3.71. The number of pyridine rings is 1. The highest BCUT2D eigenvalue weighted by Gasteiger charge is 2.19. The van der Waals surface area contributed by atoms with Gasteiger partial charge in [-0.2, -0.15) is 4.73 Å². The molecular formula is C24H26ClFN6O2. The summed E-state index contributed by atoms with van der Waals surface area (Å²) in [7, 11) is 0. The zero-order valence-electron chi connectivity index (χ0n) is 18.6. The molecule has 3 aromatic rings. The maximum absolute atomic E-state index is 14.3. The molecule has 0 bridgehead atoms. The summed E-state index contributed by atoms with van der Waals surface area (Å²) in [4.78, 5) is 17.1. The predicted octanol–water partition coefficient (Wildman–Crippen LogP) is 3.22. The average Bonchev–Trinajstić information content (AvgIpc) is 2.79. The number of halogens is 2. The lowest BCUT2D eigenvalue weighted by molar-refractivity contribution is -0.120. The zero-order chi connectivity index (χ0) is 24.8. The van der Waals surface area contributed by atoms with Crippen LogP contribution in [0.15, 0.2) is 53.5 Å². The number of benzene rings is 2. The minimum Gasteiger partial charge on any atom is -0.427 e. The standard InChI is InChI=1S/C24H26ClFN6O2/c1-2-8-30-21-11-18(25)23(14-4-3-5-17(27)9-14)20(32(21)34)12-22(33)31-13-16-7-6-15(24(28)29)10-19(16)26/h3-7,9-11,34H,2,8,12-13,27H2,1H3,(H3,28,29)(H,31,33). The van der Waals surface area contributed by atoms with Gasteiger partial charge >= 0.3 is 0 Å². The summed E-state index contributed by atoms with van der Waals surface area (Å²) >= 11 is 6.56. The number of carbonyl (C=O) groups is 1. The van der Waals surface area contributed by atoms with Crippen molar-refractivity contribution >= 4 is 29.0 Å². The Bertz CT molecular complexity index is 1310. The molecule has 0 aliphatic heterocycles. The summed E-state index contributed by atoms with van der Waals surface area (Å²) < 4.78 is 15.2. The highest BCUT2D eigenvalue weighted by molar-refractivity contribution is 6.33. The Labute approximate surface area is 201 Å². The number of rotatable bonds is 8. The van der Waals surface area contributed by atoms with E-state index in [-0.39, 0.29) is 41.1 Å². The lowest BCUT2D eigenvalue weighted by atomic mass is 10.0. The number of anilines is 1. The number of nitrogens with zero attached hydrogens (tertiary/aromatic N) is 2. The van der Waals surface area contributed by atoms with Crippen molar-refractivity contribution in [1.29, 1.82) is 5.41 Å². The second-order valence-corrected chi connectivity index (χ2v) is 8.07. The third-order valence-corrected chi connectivity index (χ3v) is 5.39. The third-order valence-electron chi connectivity index (χ3n) is 5.10. The van der Waals surface area contributed by atoms with Crippen LogP contribution in [0.4, 0.5) is 10.1 Å². The highest BCUT2D eigenvalue weighted by Crippen LogP contribution is 2.31. The molecule has 0 fully saturated rings. The van der Waals surface area contributed by atoms with E-state index in [4.69, 9.17) is 28.5 Å². The van der Waals surface area contributed by atoms with E-state index >= 15 is 0 Å². The van der Waals surface area contributed by atoms with Gasteiger partial charge in [0, 0.05) is 41.5 Å². The van der Waals surface area contributed by atoms with Crippen molar-refractivity contribution in [2.24, 2.45) is 10.7 Å². The van der Waals surface area contributed by atoms with E-state index in [2.05, 4.69) is 10.3 Å². The maximum Gasteiger partial charge on any atom is 0.226 e. The first-order valence-corrected chi connectivity index (χ1v) is 11.0. The Balaban J connectivity index is 1.93. The first kappa shape index (κ1) is 24.8.